The first-order valence-corrected chi connectivity index (χ1v) is 11.2. The van der Waals surface area contributed by atoms with E-state index in [0.717, 1.165) is 39.6 Å². The molecular weight excluding hydrogens is 402 g/mol. The molecule has 8 heteroatoms. The predicted octanol–water partition coefficient (Wildman–Crippen LogP) is 4.30. The van der Waals surface area contributed by atoms with Gasteiger partial charge < -0.3 is 10.6 Å². The highest BCUT2D eigenvalue weighted by atomic mass is 32.1. The molecule has 2 N–H and O–H groups in total. The molecule has 2 aromatic heterocycles. The molecule has 1 aliphatic carbocycles. The van der Waals surface area contributed by atoms with E-state index in [2.05, 4.69) is 33.9 Å². The van der Waals surface area contributed by atoms with Crippen LogP contribution in [0.4, 0.5) is 5.69 Å². The zero-order valence-electron chi connectivity index (χ0n) is 16.2. The number of hydrogen-bond acceptors (Lipinski definition) is 5. The van der Waals surface area contributed by atoms with Gasteiger partial charge in [-0.05, 0) is 61.5 Å². The topological polar surface area (TPSA) is 69.1 Å². The molecule has 5 rings (SSSR count). The smallest absolute Gasteiger partial charge is 0.225 e. The van der Waals surface area contributed by atoms with Crippen LogP contribution in [0.2, 0.25) is 0 Å². The zero-order chi connectivity index (χ0) is 20.1. The van der Waals surface area contributed by atoms with Crippen LogP contribution < -0.4 is 10.6 Å². The second-order valence-corrected chi connectivity index (χ2v) is 9.21. The summed E-state index contributed by atoms with van der Waals surface area (Å²) in [6, 6.07) is 12.8. The Balaban J connectivity index is 1.55. The van der Waals surface area contributed by atoms with Gasteiger partial charge in [-0.1, -0.05) is 24.3 Å². The molecule has 1 amide bonds. The Morgan fingerprint density at radius 3 is 2.76 bits per heavy atom. The number of hydrogen-bond donors (Lipinski definition) is 1. The summed E-state index contributed by atoms with van der Waals surface area (Å²) >= 11 is 7.53. The maximum Gasteiger partial charge on any atom is 0.225 e. The highest BCUT2D eigenvalue weighted by Gasteiger charge is 2.34. The van der Waals surface area contributed by atoms with Crippen LogP contribution in [0.25, 0.3) is 10.7 Å². The minimum Gasteiger partial charge on any atom is -0.369 e. The number of carbonyl (C=O) groups excluding carboxylic acids is 1. The van der Waals surface area contributed by atoms with Gasteiger partial charge in [-0.15, -0.1) is 16.4 Å². The molecule has 6 nitrogen and oxygen atoms in total. The van der Waals surface area contributed by atoms with Gasteiger partial charge in [-0.25, -0.2) is 4.68 Å². The Kier molecular flexibility index (Phi) is 4.55. The van der Waals surface area contributed by atoms with Crippen LogP contribution in [0.1, 0.15) is 43.7 Å². The molecule has 29 heavy (non-hydrogen) atoms. The predicted molar refractivity (Wildman–Crippen MR) is 118 cm³/mol. The van der Waals surface area contributed by atoms with E-state index in [1.165, 1.54) is 0 Å². The molecule has 0 unspecified atom stereocenters. The van der Waals surface area contributed by atoms with Crippen LogP contribution in [-0.4, -0.2) is 26.3 Å². The summed E-state index contributed by atoms with van der Waals surface area (Å²) < 4.78 is 4.91. The van der Waals surface area contributed by atoms with Crippen molar-refractivity contribution in [1.29, 1.82) is 0 Å². The Hall–Kier alpha value is -2.45. The van der Waals surface area contributed by atoms with Crippen molar-refractivity contribution in [2.75, 3.05) is 4.90 Å². The van der Waals surface area contributed by atoms with Crippen molar-refractivity contribution in [2.45, 2.75) is 50.9 Å². The fourth-order valence-corrected chi connectivity index (χ4v) is 5.29. The lowest BCUT2D eigenvalue weighted by atomic mass is 9.86. The Morgan fingerprint density at radius 1 is 1.28 bits per heavy atom. The molecular formula is C21H23N5OS2. The van der Waals surface area contributed by atoms with Crippen molar-refractivity contribution in [3.8, 4) is 10.7 Å². The summed E-state index contributed by atoms with van der Waals surface area (Å²) in [6.07, 6.45) is 3.00. The number of fused-ring (bicyclic) bond motifs is 1. The second kappa shape index (κ2) is 7.11. The number of aromatic nitrogens is 3. The normalized spacial score (nSPS) is 21.2. The number of nitrogens with zero attached hydrogens (tertiary/aromatic N) is 4. The third kappa shape index (κ3) is 3.20. The summed E-state index contributed by atoms with van der Waals surface area (Å²) in [6.45, 7) is 2.69. The first kappa shape index (κ1) is 18.6. The maximum atomic E-state index is 12.0. The van der Waals surface area contributed by atoms with Gasteiger partial charge in [0.15, 0.2) is 10.6 Å². The molecule has 1 saturated carbocycles. The molecule has 3 heterocycles. The first-order valence-electron chi connectivity index (χ1n) is 9.92. The number of benzene rings is 1. The zero-order valence-corrected chi connectivity index (χ0v) is 17.8. The van der Waals surface area contributed by atoms with Gasteiger partial charge in [-0.2, -0.15) is 0 Å². The van der Waals surface area contributed by atoms with E-state index in [0.29, 0.717) is 19.1 Å². The molecule has 0 spiro atoms. The van der Waals surface area contributed by atoms with Crippen LogP contribution in [-0.2, 0) is 11.5 Å². The van der Waals surface area contributed by atoms with Crippen molar-refractivity contribution in [3.63, 3.8) is 0 Å². The van der Waals surface area contributed by atoms with Gasteiger partial charge >= 0.3 is 0 Å². The van der Waals surface area contributed by atoms with E-state index in [4.69, 9.17) is 23.1 Å². The van der Waals surface area contributed by atoms with E-state index in [9.17, 15) is 4.79 Å². The van der Waals surface area contributed by atoms with Gasteiger partial charge in [0, 0.05) is 17.8 Å². The van der Waals surface area contributed by atoms with Crippen LogP contribution in [0, 0.1) is 4.77 Å². The van der Waals surface area contributed by atoms with Crippen molar-refractivity contribution >= 4 is 35.1 Å². The van der Waals surface area contributed by atoms with Gasteiger partial charge in [0.1, 0.15) is 6.67 Å². The number of carbonyl (C=O) groups is 1. The maximum absolute atomic E-state index is 12.0. The van der Waals surface area contributed by atoms with Gasteiger partial charge in [0.05, 0.1) is 10.8 Å². The third-order valence-electron chi connectivity index (χ3n) is 5.88. The van der Waals surface area contributed by atoms with E-state index in [1.807, 2.05) is 28.9 Å². The molecule has 1 aromatic carbocycles. The molecule has 0 bridgehead atoms. The van der Waals surface area contributed by atoms with Gasteiger partial charge in [-0.3, -0.25) is 9.36 Å². The standard InChI is InChI=1S/C21H23N5OS2/c1-13-11-16(19(22)27)15-5-2-3-6-17(15)24(13)12-25-21(28)26(14-8-9-14)20(23-25)18-7-4-10-29-18/h2-7,10,13-14,16H,8-9,11-12H2,1H3,(H2,22,27)/t13-,16+/m0/s1. The third-order valence-corrected chi connectivity index (χ3v) is 7.16. The molecule has 0 radical (unpaired) electrons. The minimum atomic E-state index is -0.265. The number of rotatable bonds is 5. The van der Waals surface area contributed by atoms with Crippen molar-refractivity contribution in [3.05, 3.63) is 52.1 Å². The minimum absolute atomic E-state index is 0.153. The molecule has 2 atom stereocenters. The van der Waals surface area contributed by atoms with Crippen LogP contribution in [0.3, 0.4) is 0 Å². The lowest BCUT2D eigenvalue weighted by molar-refractivity contribution is -0.119. The highest BCUT2D eigenvalue weighted by molar-refractivity contribution is 7.71. The summed E-state index contributed by atoms with van der Waals surface area (Å²) in [5.74, 6) is 0.440. The number of primary amides is 1. The highest BCUT2D eigenvalue weighted by Crippen LogP contribution is 2.41. The molecule has 150 valence electrons. The van der Waals surface area contributed by atoms with E-state index in [-0.39, 0.29) is 17.9 Å². The Bertz CT molecular complexity index is 1110. The number of nitrogens with two attached hydrogens (primary N) is 1. The lowest BCUT2D eigenvalue weighted by Gasteiger charge is -2.39. The quantitative estimate of drug-likeness (QED) is 0.619. The number of para-hydroxylation sites is 1. The number of thiophene rings is 1. The van der Waals surface area contributed by atoms with Crippen molar-refractivity contribution in [1.82, 2.24) is 14.3 Å². The molecule has 2 aliphatic rings. The largest absolute Gasteiger partial charge is 0.369 e. The average molecular weight is 426 g/mol. The molecule has 0 saturated heterocycles. The number of amides is 1. The summed E-state index contributed by atoms with van der Waals surface area (Å²) in [4.78, 5) is 15.4. The van der Waals surface area contributed by atoms with Gasteiger partial charge in [0.2, 0.25) is 5.91 Å². The van der Waals surface area contributed by atoms with Crippen molar-refractivity contribution < 1.29 is 4.79 Å². The second-order valence-electron chi connectivity index (χ2n) is 7.89. The van der Waals surface area contributed by atoms with Crippen LogP contribution >= 0.6 is 23.6 Å². The monoisotopic (exact) mass is 425 g/mol. The number of anilines is 1. The first-order chi connectivity index (χ1) is 14.0. The fraction of sp³-hybridized carbons (Fsp3) is 0.381. The summed E-state index contributed by atoms with van der Waals surface area (Å²) in [5, 5.41) is 6.99. The molecule has 1 fully saturated rings. The fourth-order valence-electron chi connectivity index (χ4n) is 4.25. The molecule has 1 aliphatic heterocycles. The Morgan fingerprint density at radius 2 is 2.07 bits per heavy atom. The SMILES string of the molecule is C[C@H]1C[C@@H](C(N)=O)c2ccccc2N1Cn1nc(-c2cccs2)n(C2CC2)c1=S. The lowest BCUT2D eigenvalue weighted by Crippen LogP contribution is -2.42. The van der Waals surface area contributed by atoms with E-state index in [1.54, 1.807) is 11.3 Å². The Labute approximate surface area is 178 Å². The van der Waals surface area contributed by atoms with Crippen molar-refractivity contribution in [2.24, 2.45) is 5.73 Å². The van der Waals surface area contributed by atoms with E-state index < -0.39 is 0 Å². The summed E-state index contributed by atoms with van der Waals surface area (Å²) in [7, 11) is 0. The summed E-state index contributed by atoms with van der Waals surface area (Å²) in [5.41, 5.74) is 7.72. The van der Waals surface area contributed by atoms with Gasteiger partial charge in [0.25, 0.3) is 0 Å². The van der Waals surface area contributed by atoms with Crippen LogP contribution in [0.15, 0.2) is 41.8 Å². The van der Waals surface area contributed by atoms with E-state index >= 15 is 0 Å². The average Bonchev–Trinajstić information content (AvgIpc) is 3.28. The molecule has 3 aromatic rings. The van der Waals surface area contributed by atoms with Crippen LogP contribution in [0.5, 0.6) is 0 Å².